The van der Waals surface area contributed by atoms with Gasteiger partial charge in [0.2, 0.25) is 5.91 Å². The maximum atomic E-state index is 13.1. The second-order valence-electron chi connectivity index (χ2n) is 7.04. The van der Waals surface area contributed by atoms with Crippen LogP contribution in [0.15, 0.2) is 65.6 Å². The number of rotatable bonds is 4. The van der Waals surface area contributed by atoms with E-state index in [4.69, 9.17) is 0 Å². The van der Waals surface area contributed by atoms with E-state index in [1.165, 1.54) is 4.68 Å². The average molecular weight is 374 g/mol. The van der Waals surface area contributed by atoms with Crippen molar-refractivity contribution in [3.05, 3.63) is 76.7 Å². The molecule has 6 nitrogen and oxygen atoms in total. The summed E-state index contributed by atoms with van der Waals surface area (Å²) in [6.07, 6.45) is 1.69. The maximum absolute atomic E-state index is 13.1. The van der Waals surface area contributed by atoms with Crippen molar-refractivity contribution in [2.24, 2.45) is 7.05 Å². The Morgan fingerprint density at radius 3 is 2.43 bits per heavy atom. The normalized spacial score (nSPS) is 13.5. The van der Waals surface area contributed by atoms with E-state index in [0.717, 1.165) is 21.9 Å². The lowest BCUT2D eigenvalue weighted by Gasteiger charge is -2.20. The Morgan fingerprint density at radius 1 is 1.00 bits per heavy atom. The van der Waals surface area contributed by atoms with Gasteiger partial charge in [0.05, 0.1) is 17.8 Å². The highest BCUT2D eigenvalue weighted by Gasteiger charge is 2.24. The smallest absolute Gasteiger partial charge is 0.291 e. The van der Waals surface area contributed by atoms with E-state index in [9.17, 15) is 9.59 Å². The molecule has 0 spiro atoms. The molecule has 0 saturated carbocycles. The van der Waals surface area contributed by atoms with Gasteiger partial charge in [0.1, 0.15) is 11.6 Å². The highest BCUT2D eigenvalue weighted by molar-refractivity contribution is 6.08. The molecule has 0 fully saturated rings. The van der Waals surface area contributed by atoms with E-state index >= 15 is 0 Å². The molecule has 0 bridgehead atoms. The van der Waals surface area contributed by atoms with Gasteiger partial charge in [-0.25, -0.2) is 4.68 Å². The van der Waals surface area contributed by atoms with Crippen LogP contribution in [0.4, 0.5) is 0 Å². The van der Waals surface area contributed by atoms with Crippen molar-refractivity contribution < 1.29 is 4.79 Å². The zero-order valence-corrected chi connectivity index (χ0v) is 16.1. The minimum Gasteiger partial charge on any atom is -0.348 e. The number of fused-ring (bicyclic) bond motifs is 3. The summed E-state index contributed by atoms with van der Waals surface area (Å²) >= 11 is 0. The fraction of sp³-hybridized carbons (Fsp3) is 0.227. The molecule has 0 saturated heterocycles. The van der Waals surface area contributed by atoms with Gasteiger partial charge >= 0.3 is 0 Å². The topological polar surface area (TPSA) is 68.9 Å². The summed E-state index contributed by atoms with van der Waals surface area (Å²) < 4.78 is 3.12. The van der Waals surface area contributed by atoms with Crippen molar-refractivity contribution in [2.45, 2.75) is 25.9 Å². The Bertz CT molecular complexity index is 1220. The van der Waals surface area contributed by atoms with E-state index in [-0.39, 0.29) is 17.5 Å². The molecule has 4 rings (SSSR count). The molecule has 28 heavy (non-hydrogen) atoms. The summed E-state index contributed by atoms with van der Waals surface area (Å²) in [4.78, 5) is 25.9. The molecular formula is C22H22N4O2. The standard InChI is InChI=1S/C22H22N4O2/c1-14(16-9-5-4-6-10-16)24-21(27)15(2)26-19-12-8-7-11-17(19)18-13-23-25(3)22(28)20(18)26/h4-15H,1-3H3,(H,24,27)/t14-,15+/m1/s1. The summed E-state index contributed by atoms with van der Waals surface area (Å²) in [5.74, 6) is -0.141. The quantitative estimate of drug-likeness (QED) is 0.596. The Labute approximate surface area is 162 Å². The van der Waals surface area contributed by atoms with E-state index in [2.05, 4.69) is 10.4 Å². The lowest BCUT2D eigenvalue weighted by molar-refractivity contribution is -0.124. The summed E-state index contributed by atoms with van der Waals surface area (Å²) in [6, 6.07) is 16.8. The number of amides is 1. The van der Waals surface area contributed by atoms with E-state index < -0.39 is 6.04 Å². The number of aromatic nitrogens is 3. The van der Waals surface area contributed by atoms with Crippen LogP contribution >= 0.6 is 0 Å². The largest absolute Gasteiger partial charge is 0.348 e. The SMILES string of the molecule is C[C@@H](NC(=O)[C@H](C)n1c2ccccc2c2cnn(C)c(=O)c21)c1ccccc1. The summed E-state index contributed by atoms with van der Waals surface area (Å²) in [5.41, 5.74) is 2.15. The molecule has 6 heteroatoms. The predicted molar refractivity (Wildman–Crippen MR) is 110 cm³/mol. The molecule has 2 atom stereocenters. The molecule has 2 aromatic carbocycles. The van der Waals surface area contributed by atoms with Crippen molar-refractivity contribution >= 4 is 27.7 Å². The fourth-order valence-electron chi connectivity index (χ4n) is 3.67. The first-order chi connectivity index (χ1) is 13.5. The third-order valence-corrected chi connectivity index (χ3v) is 5.23. The highest BCUT2D eigenvalue weighted by Crippen LogP contribution is 2.29. The number of nitrogens with zero attached hydrogens (tertiary/aromatic N) is 3. The highest BCUT2D eigenvalue weighted by atomic mass is 16.2. The van der Waals surface area contributed by atoms with Gasteiger partial charge < -0.3 is 9.88 Å². The molecule has 1 amide bonds. The Hall–Kier alpha value is -3.41. The molecule has 2 heterocycles. The number of benzene rings is 2. The van der Waals surface area contributed by atoms with Crippen LogP contribution in [0.2, 0.25) is 0 Å². The number of para-hydroxylation sites is 1. The maximum Gasteiger partial charge on any atom is 0.291 e. The van der Waals surface area contributed by atoms with Gasteiger partial charge in [-0.3, -0.25) is 9.59 Å². The van der Waals surface area contributed by atoms with Gasteiger partial charge in [0, 0.05) is 17.8 Å². The molecule has 4 aromatic rings. The van der Waals surface area contributed by atoms with Crippen LogP contribution in [-0.2, 0) is 11.8 Å². The van der Waals surface area contributed by atoms with Gasteiger partial charge in [0.25, 0.3) is 5.56 Å². The first kappa shape index (κ1) is 18.0. The molecule has 0 aliphatic carbocycles. The Morgan fingerprint density at radius 2 is 1.68 bits per heavy atom. The summed E-state index contributed by atoms with van der Waals surface area (Å²) in [5, 5.41) is 8.89. The lowest BCUT2D eigenvalue weighted by Crippen LogP contribution is -2.34. The lowest BCUT2D eigenvalue weighted by atomic mass is 10.1. The predicted octanol–water partition coefficient (Wildman–Crippen LogP) is 3.33. The van der Waals surface area contributed by atoms with Gasteiger partial charge in [0.15, 0.2) is 0 Å². The Kier molecular flexibility index (Phi) is 4.47. The van der Waals surface area contributed by atoms with E-state index in [1.54, 1.807) is 13.2 Å². The van der Waals surface area contributed by atoms with Gasteiger partial charge in [-0.15, -0.1) is 0 Å². The van der Waals surface area contributed by atoms with Crippen LogP contribution in [0, 0.1) is 0 Å². The van der Waals surface area contributed by atoms with Crippen LogP contribution in [-0.4, -0.2) is 20.3 Å². The summed E-state index contributed by atoms with van der Waals surface area (Å²) in [7, 11) is 1.62. The van der Waals surface area contributed by atoms with Crippen molar-refractivity contribution in [3.63, 3.8) is 0 Å². The fourth-order valence-corrected chi connectivity index (χ4v) is 3.67. The number of hydrogen-bond acceptors (Lipinski definition) is 3. The molecule has 0 aliphatic heterocycles. The minimum absolute atomic E-state index is 0.131. The number of nitrogens with one attached hydrogen (secondary N) is 1. The van der Waals surface area contributed by atoms with Gasteiger partial charge in [-0.05, 0) is 25.5 Å². The van der Waals surface area contributed by atoms with Crippen LogP contribution in [0.3, 0.4) is 0 Å². The molecular weight excluding hydrogens is 352 g/mol. The average Bonchev–Trinajstić information content (AvgIpc) is 3.05. The number of aryl methyl sites for hydroxylation is 1. The first-order valence-electron chi connectivity index (χ1n) is 9.29. The van der Waals surface area contributed by atoms with Crippen LogP contribution in [0.1, 0.15) is 31.5 Å². The van der Waals surface area contributed by atoms with Crippen molar-refractivity contribution in [2.75, 3.05) is 0 Å². The van der Waals surface area contributed by atoms with Crippen molar-refractivity contribution in [1.82, 2.24) is 19.7 Å². The Balaban J connectivity index is 1.80. The second-order valence-corrected chi connectivity index (χ2v) is 7.04. The zero-order chi connectivity index (χ0) is 19.8. The number of carbonyl (C=O) groups is 1. The second kappa shape index (κ2) is 6.96. The monoisotopic (exact) mass is 374 g/mol. The molecule has 0 radical (unpaired) electrons. The van der Waals surface area contributed by atoms with Crippen LogP contribution in [0.5, 0.6) is 0 Å². The third kappa shape index (κ3) is 2.87. The first-order valence-corrected chi connectivity index (χ1v) is 9.29. The minimum atomic E-state index is -0.552. The van der Waals surface area contributed by atoms with Gasteiger partial charge in [-0.1, -0.05) is 48.5 Å². The summed E-state index contributed by atoms with van der Waals surface area (Å²) in [6.45, 7) is 3.77. The van der Waals surface area contributed by atoms with Gasteiger partial charge in [-0.2, -0.15) is 5.10 Å². The molecule has 0 aliphatic rings. The van der Waals surface area contributed by atoms with E-state index in [1.807, 2.05) is 73.0 Å². The molecule has 1 N–H and O–H groups in total. The van der Waals surface area contributed by atoms with Crippen molar-refractivity contribution in [3.8, 4) is 0 Å². The van der Waals surface area contributed by atoms with Crippen molar-refractivity contribution in [1.29, 1.82) is 0 Å². The molecule has 0 unspecified atom stereocenters. The van der Waals surface area contributed by atoms with Crippen LogP contribution < -0.4 is 10.9 Å². The van der Waals surface area contributed by atoms with Crippen LogP contribution in [0.25, 0.3) is 21.8 Å². The molecule has 2 aromatic heterocycles. The molecule has 142 valence electrons. The van der Waals surface area contributed by atoms with E-state index in [0.29, 0.717) is 5.52 Å². The number of hydrogen-bond donors (Lipinski definition) is 1. The zero-order valence-electron chi connectivity index (χ0n) is 16.1. The third-order valence-electron chi connectivity index (χ3n) is 5.23. The number of carbonyl (C=O) groups excluding carboxylic acids is 1.